The van der Waals surface area contributed by atoms with Crippen molar-refractivity contribution in [3.8, 4) is 5.75 Å². The third kappa shape index (κ3) is 2.73. The van der Waals surface area contributed by atoms with Gasteiger partial charge in [-0.1, -0.05) is 18.7 Å². The van der Waals surface area contributed by atoms with Crippen molar-refractivity contribution in [2.24, 2.45) is 0 Å². The lowest BCUT2D eigenvalue weighted by atomic mass is 10.0. The maximum atomic E-state index is 10.2. The highest BCUT2D eigenvalue weighted by molar-refractivity contribution is 5.66. The van der Waals surface area contributed by atoms with Crippen molar-refractivity contribution in [1.82, 2.24) is 0 Å². The Balaban J connectivity index is 2.66. The van der Waals surface area contributed by atoms with Gasteiger partial charge in [0.1, 0.15) is 12.0 Å². The van der Waals surface area contributed by atoms with E-state index in [1.807, 2.05) is 24.3 Å². The minimum atomic E-state index is 0.533. The number of rotatable bonds is 5. The van der Waals surface area contributed by atoms with E-state index >= 15 is 0 Å². The Bertz CT molecular complexity index is 312. The molecule has 0 heterocycles. The highest BCUT2D eigenvalue weighted by Crippen LogP contribution is 2.20. The predicted molar refractivity (Wildman–Crippen MR) is 57.3 cm³/mol. The number of benzene rings is 1. The Labute approximate surface area is 84.2 Å². The number of hydrogen-bond acceptors (Lipinski definition) is 2. The van der Waals surface area contributed by atoms with E-state index in [-0.39, 0.29) is 0 Å². The molecular weight excluding hydrogens is 176 g/mol. The molecule has 2 heteroatoms. The summed E-state index contributed by atoms with van der Waals surface area (Å²) in [4.78, 5) is 10.2. The van der Waals surface area contributed by atoms with Gasteiger partial charge < -0.3 is 9.53 Å². The molecule has 0 spiro atoms. The van der Waals surface area contributed by atoms with Crippen LogP contribution in [0.3, 0.4) is 0 Å². The van der Waals surface area contributed by atoms with Gasteiger partial charge in [-0.2, -0.15) is 0 Å². The number of carbonyl (C=O) groups excluding carboxylic acids is 1. The molecule has 0 saturated carbocycles. The third-order valence-corrected chi connectivity index (χ3v) is 2.06. The van der Waals surface area contributed by atoms with E-state index < -0.39 is 0 Å². The van der Waals surface area contributed by atoms with Gasteiger partial charge in [0.25, 0.3) is 0 Å². The lowest BCUT2D eigenvalue weighted by Gasteiger charge is -2.04. The summed E-state index contributed by atoms with van der Waals surface area (Å²) < 4.78 is 5.04. The normalized spacial score (nSPS) is 9.50. The maximum absolute atomic E-state index is 10.2. The van der Waals surface area contributed by atoms with Crippen LogP contribution in [0.5, 0.6) is 5.75 Å². The molecular formula is C12H14O2. The molecule has 0 unspecified atom stereocenters. The van der Waals surface area contributed by atoms with Crippen molar-refractivity contribution in [1.29, 1.82) is 0 Å². The van der Waals surface area contributed by atoms with Crippen molar-refractivity contribution >= 4 is 11.9 Å². The number of allylic oxidation sites excluding steroid dienone is 1. The average molecular weight is 190 g/mol. The SMILES string of the molecule is C=C(CCC=O)c1ccc(OC)cc1. The summed E-state index contributed by atoms with van der Waals surface area (Å²) in [6.07, 6.45) is 2.16. The van der Waals surface area contributed by atoms with E-state index in [1.54, 1.807) is 7.11 Å². The van der Waals surface area contributed by atoms with E-state index in [0.29, 0.717) is 6.42 Å². The topological polar surface area (TPSA) is 26.3 Å². The molecule has 0 fully saturated rings. The minimum Gasteiger partial charge on any atom is -0.497 e. The van der Waals surface area contributed by atoms with E-state index in [9.17, 15) is 4.79 Å². The van der Waals surface area contributed by atoms with Crippen LogP contribution in [-0.4, -0.2) is 13.4 Å². The van der Waals surface area contributed by atoms with Crippen molar-refractivity contribution in [2.45, 2.75) is 12.8 Å². The first kappa shape index (κ1) is 10.5. The molecule has 0 atom stereocenters. The molecule has 14 heavy (non-hydrogen) atoms. The van der Waals surface area contributed by atoms with Crippen molar-refractivity contribution < 1.29 is 9.53 Å². The fourth-order valence-electron chi connectivity index (χ4n) is 1.20. The summed E-state index contributed by atoms with van der Waals surface area (Å²) in [6, 6.07) is 7.68. The lowest BCUT2D eigenvalue weighted by molar-refractivity contribution is -0.107. The molecule has 0 amide bonds. The lowest BCUT2D eigenvalue weighted by Crippen LogP contribution is -1.86. The third-order valence-electron chi connectivity index (χ3n) is 2.06. The zero-order valence-electron chi connectivity index (χ0n) is 8.32. The predicted octanol–water partition coefficient (Wildman–Crippen LogP) is 2.69. The van der Waals surface area contributed by atoms with Gasteiger partial charge in [-0.05, 0) is 29.7 Å². The number of hydrogen-bond donors (Lipinski definition) is 0. The molecule has 0 aromatic heterocycles. The van der Waals surface area contributed by atoms with Gasteiger partial charge in [-0.25, -0.2) is 0 Å². The van der Waals surface area contributed by atoms with Crippen LogP contribution in [0.25, 0.3) is 5.57 Å². The fourth-order valence-corrected chi connectivity index (χ4v) is 1.20. The summed E-state index contributed by atoms with van der Waals surface area (Å²) >= 11 is 0. The second-order valence-corrected chi connectivity index (χ2v) is 3.04. The molecule has 0 N–H and O–H groups in total. The van der Waals surface area contributed by atoms with E-state index in [1.165, 1.54) is 0 Å². The molecule has 1 aromatic rings. The second-order valence-electron chi connectivity index (χ2n) is 3.04. The van der Waals surface area contributed by atoms with Gasteiger partial charge in [0.05, 0.1) is 7.11 Å². The quantitative estimate of drug-likeness (QED) is 0.667. The van der Waals surface area contributed by atoms with Crippen LogP contribution in [0, 0.1) is 0 Å². The molecule has 0 saturated heterocycles. The van der Waals surface area contributed by atoms with Crippen LogP contribution < -0.4 is 4.74 Å². The van der Waals surface area contributed by atoms with Crippen molar-refractivity contribution in [3.05, 3.63) is 36.4 Å². The Hall–Kier alpha value is -1.57. The molecule has 1 rings (SSSR count). The van der Waals surface area contributed by atoms with Gasteiger partial charge >= 0.3 is 0 Å². The first-order chi connectivity index (χ1) is 6.77. The van der Waals surface area contributed by atoms with Crippen LogP contribution >= 0.6 is 0 Å². The van der Waals surface area contributed by atoms with E-state index in [2.05, 4.69) is 6.58 Å². The first-order valence-electron chi connectivity index (χ1n) is 4.53. The van der Waals surface area contributed by atoms with Gasteiger partial charge in [-0.3, -0.25) is 0 Å². The zero-order valence-corrected chi connectivity index (χ0v) is 8.32. The summed E-state index contributed by atoms with van der Waals surface area (Å²) in [5, 5.41) is 0. The summed E-state index contributed by atoms with van der Waals surface area (Å²) in [5.41, 5.74) is 2.05. The number of methoxy groups -OCH3 is 1. The van der Waals surface area contributed by atoms with Crippen LogP contribution in [0.2, 0.25) is 0 Å². The minimum absolute atomic E-state index is 0.533. The standard InChI is InChI=1S/C12H14O2/c1-10(4-3-9-13)11-5-7-12(14-2)8-6-11/h5-9H,1,3-4H2,2H3. The molecule has 0 aliphatic heterocycles. The molecule has 0 bridgehead atoms. The van der Waals surface area contributed by atoms with Crippen LogP contribution in [0.1, 0.15) is 18.4 Å². The molecule has 74 valence electrons. The fraction of sp³-hybridized carbons (Fsp3) is 0.250. The smallest absolute Gasteiger partial charge is 0.120 e. The van der Waals surface area contributed by atoms with Crippen molar-refractivity contribution in [2.75, 3.05) is 7.11 Å². The highest BCUT2D eigenvalue weighted by Gasteiger charge is 1.98. The highest BCUT2D eigenvalue weighted by atomic mass is 16.5. The monoisotopic (exact) mass is 190 g/mol. The van der Waals surface area contributed by atoms with Gasteiger partial charge in [0, 0.05) is 6.42 Å². The Morgan fingerprint density at radius 2 is 2.07 bits per heavy atom. The largest absolute Gasteiger partial charge is 0.497 e. The summed E-state index contributed by atoms with van der Waals surface area (Å²) in [6.45, 7) is 3.92. The first-order valence-corrected chi connectivity index (χ1v) is 4.53. The second kappa shape index (κ2) is 5.22. The summed E-state index contributed by atoms with van der Waals surface area (Å²) in [7, 11) is 1.64. The van der Waals surface area contributed by atoms with Crippen LogP contribution in [0.15, 0.2) is 30.8 Å². The Morgan fingerprint density at radius 1 is 1.43 bits per heavy atom. The Kier molecular flexibility index (Phi) is 3.92. The number of ether oxygens (including phenoxy) is 1. The van der Waals surface area contributed by atoms with Crippen LogP contribution in [-0.2, 0) is 4.79 Å². The number of aldehydes is 1. The maximum Gasteiger partial charge on any atom is 0.120 e. The zero-order chi connectivity index (χ0) is 10.4. The molecule has 0 aliphatic rings. The Morgan fingerprint density at radius 3 is 2.57 bits per heavy atom. The van der Waals surface area contributed by atoms with Gasteiger partial charge in [0.2, 0.25) is 0 Å². The average Bonchev–Trinajstić information content (AvgIpc) is 2.26. The summed E-state index contributed by atoms with van der Waals surface area (Å²) in [5.74, 6) is 0.830. The number of carbonyl (C=O) groups is 1. The van der Waals surface area contributed by atoms with Crippen LogP contribution in [0.4, 0.5) is 0 Å². The molecule has 2 nitrogen and oxygen atoms in total. The molecule has 0 radical (unpaired) electrons. The van der Waals surface area contributed by atoms with E-state index in [4.69, 9.17) is 4.74 Å². The van der Waals surface area contributed by atoms with Gasteiger partial charge in [0.15, 0.2) is 0 Å². The molecule has 0 aliphatic carbocycles. The van der Waals surface area contributed by atoms with Gasteiger partial charge in [-0.15, -0.1) is 0 Å². The van der Waals surface area contributed by atoms with Crippen molar-refractivity contribution in [3.63, 3.8) is 0 Å². The molecule has 1 aromatic carbocycles. The van der Waals surface area contributed by atoms with E-state index in [0.717, 1.165) is 29.6 Å².